The van der Waals surface area contributed by atoms with Crippen molar-refractivity contribution in [1.82, 2.24) is 5.32 Å². The summed E-state index contributed by atoms with van der Waals surface area (Å²) in [5.41, 5.74) is 0. The first-order chi connectivity index (χ1) is 24.8. The Bertz CT molecular complexity index is 812. The molecular weight excluding hydrogens is 646 g/mol. The van der Waals surface area contributed by atoms with Gasteiger partial charge in [-0.15, -0.1) is 0 Å². The Labute approximate surface area is 312 Å². The molecule has 1 saturated heterocycles. The number of rotatable bonds is 35. The van der Waals surface area contributed by atoms with Gasteiger partial charge in [0.15, 0.2) is 6.29 Å². The zero-order valence-electron chi connectivity index (χ0n) is 32.9. The zero-order valence-corrected chi connectivity index (χ0v) is 32.9. The second kappa shape index (κ2) is 33.5. The predicted octanol–water partition coefficient (Wildman–Crippen LogP) is 8.17. The molecule has 1 aliphatic heterocycles. The Morgan fingerprint density at radius 2 is 1.08 bits per heavy atom. The average molecular weight is 728 g/mol. The number of nitrogens with one attached hydrogen (secondary N) is 1. The van der Waals surface area contributed by atoms with Gasteiger partial charge in [-0.25, -0.2) is 0 Å². The van der Waals surface area contributed by atoms with Gasteiger partial charge in [-0.1, -0.05) is 180 Å². The summed E-state index contributed by atoms with van der Waals surface area (Å²) in [4.78, 5) is 12.9. The maximum absolute atomic E-state index is 12.9. The van der Waals surface area contributed by atoms with Crippen LogP contribution in [0.5, 0.6) is 0 Å². The van der Waals surface area contributed by atoms with E-state index in [1.54, 1.807) is 6.08 Å². The molecule has 1 heterocycles. The van der Waals surface area contributed by atoms with Crippen LogP contribution in [0.1, 0.15) is 194 Å². The molecule has 1 aliphatic rings. The highest BCUT2D eigenvalue weighted by Gasteiger charge is 2.44. The van der Waals surface area contributed by atoms with E-state index in [-0.39, 0.29) is 12.5 Å². The van der Waals surface area contributed by atoms with E-state index >= 15 is 0 Å². The number of hydrogen-bond donors (Lipinski definition) is 6. The van der Waals surface area contributed by atoms with Crippen molar-refractivity contribution in [3.8, 4) is 0 Å². The maximum Gasteiger partial charge on any atom is 0.220 e. The van der Waals surface area contributed by atoms with Crippen LogP contribution in [0.15, 0.2) is 12.2 Å². The largest absolute Gasteiger partial charge is 0.394 e. The Balaban J connectivity index is 2.39. The fourth-order valence-corrected chi connectivity index (χ4v) is 6.86. The number of hydrogen-bond acceptors (Lipinski definition) is 8. The number of allylic oxidation sites excluding steroid dienone is 1. The summed E-state index contributed by atoms with van der Waals surface area (Å²) in [5, 5.41) is 54.0. The predicted molar refractivity (Wildman–Crippen MR) is 207 cm³/mol. The molecule has 0 aliphatic carbocycles. The first kappa shape index (κ1) is 48.0. The first-order valence-electron chi connectivity index (χ1n) is 21.4. The molecule has 0 aromatic rings. The molecule has 302 valence electrons. The van der Waals surface area contributed by atoms with Crippen LogP contribution in [-0.4, -0.2) is 87.5 Å². The summed E-state index contributed by atoms with van der Waals surface area (Å²) in [6, 6.07) is -0.796. The van der Waals surface area contributed by atoms with Crippen molar-refractivity contribution < 1.29 is 39.8 Å². The van der Waals surface area contributed by atoms with E-state index in [9.17, 15) is 30.3 Å². The topological polar surface area (TPSA) is 149 Å². The van der Waals surface area contributed by atoms with Crippen LogP contribution in [0.4, 0.5) is 0 Å². The molecule has 0 spiro atoms. The molecule has 1 amide bonds. The van der Waals surface area contributed by atoms with Gasteiger partial charge in [-0.05, 0) is 19.3 Å². The minimum Gasteiger partial charge on any atom is -0.394 e. The van der Waals surface area contributed by atoms with E-state index in [4.69, 9.17) is 9.47 Å². The number of unbranched alkanes of at least 4 members (excludes halogenated alkanes) is 25. The molecule has 6 N–H and O–H groups in total. The van der Waals surface area contributed by atoms with Crippen molar-refractivity contribution in [3.05, 3.63) is 12.2 Å². The van der Waals surface area contributed by atoms with E-state index in [1.807, 2.05) is 6.08 Å². The molecule has 2 unspecified atom stereocenters. The second-order valence-electron chi connectivity index (χ2n) is 15.1. The zero-order chi connectivity index (χ0) is 37.4. The third kappa shape index (κ3) is 24.8. The fraction of sp³-hybridized carbons (Fsp3) is 0.929. The smallest absolute Gasteiger partial charge is 0.220 e. The summed E-state index contributed by atoms with van der Waals surface area (Å²) >= 11 is 0. The Morgan fingerprint density at radius 1 is 0.647 bits per heavy atom. The molecule has 7 atom stereocenters. The summed E-state index contributed by atoms with van der Waals surface area (Å²) in [6.07, 6.45) is 29.6. The van der Waals surface area contributed by atoms with Crippen LogP contribution in [0, 0.1) is 0 Å². The van der Waals surface area contributed by atoms with Crippen molar-refractivity contribution in [2.45, 2.75) is 236 Å². The molecule has 0 saturated carbocycles. The minimum atomic E-state index is -1.56. The van der Waals surface area contributed by atoms with Crippen molar-refractivity contribution >= 4 is 5.91 Å². The molecule has 0 bridgehead atoms. The molecule has 9 nitrogen and oxygen atoms in total. The SMILES string of the molecule is CCCCCCCCCCCCC/C=C/[C@@H](O)[C@H](CO[C@H]1O[C@@H](CO)[C@H](O)C(O)C1O)NC(=O)CCCCCCCCCCCCCCCCC. The second-order valence-corrected chi connectivity index (χ2v) is 15.1. The highest BCUT2D eigenvalue weighted by molar-refractivity contribution is 5.76. The lowest BCUT2D eigenvalue weighted by Crippen LogP contribution is -2.60. The lowest BCUT2D eigenvalue weighted by Gasteiger charge is -2.40. The standard InChI is InChI=1S/C42H81NO8/c1-3-5-7-9-11-13-15-17-18-20-22-24-26-28-30-32-38(46)43-35(34-50-42-41(49)40(48)39(47)37(33-44)51-42)36(45)31-29-27-25-23-21-19-16-14-12-10-8-6-4-2/h29,31,35-37,39-42,44-45,47-49H,3-28,30,32-34H2,1-2H3,(H,43,46)/b31-29+/t35-,36+,37-,39-,40?,41?,42-/m0/s1. The fourth-order valence-electron chi connectivity index (χ4n) is 6.86. The highest BCUT2D eigenvalue weighted by Crippen LogP contribution is 2.22. The summed E-state index contributed by atoms with van der Waals surface area (Å²) in [6.45, 7) is 3.76. The van der Waals surface area contributed by atoms with Gasteiger partial charge in [0.05, 0.1) is 25.4 Å². The lowest BCUT2D eigenvalue weighted by molar-refractivity contribution is -0.302. The Kier molecular flexibility index (Phi) is 31.5. The average Bonchev–Trinajstić information content (AvgIpc) is 3.13. The summed E-state index contributed by atoms with van der Waals surface area (Å²) in [7, 11) is 0. The Hall–Kier alpha value is -1.07. The van der Waals surface area contributed by atoms with Gasteiger partial charge in [0.25, 0.3) is 0 Å². The van der Waals surface area contributed by atoms with E-state index < -0.39 is 49.5 Å². The number of amides is 1. The van der Waals surface area contributed by atoms with Gasteiger partial charge in [0.2, 0.25) is 5.91 Å². The van der Waals surface area contributed by atoms with E-state index in [1.165, 1.54) is 135 Å². The summed E-state index contributed by atoms with van der Waals surface area (Å²) in [5.74, 6) is -0.176. The van der Waals surface area contributed by atoms with Crippen LogP contribution >= 0.6 is 0 Å². The monoisotopic (exact) mass is 728 g/mol. The highest BCUT2D eigenvalue weighted by atomic mass is 16.7. The van der Waals surface area contributed by atoms with Crippen molar-refractivity contribution in [2.75, 3.05) is 13.2 Å². The van der Waals surface area contributed by atoms with Gasteiger partial charge >= 0.3 is 0 Å². The number of carbonyl (C=O) groups excluding carboxylic acids is 1. The quantitative estimate of drug-likeness (QED) is 0.0283. The minimum absolute atomic E-state index is 0.176. The third-order valence-electron chi connectivity index (χ3n) is 10.4. The molecule has 1 rings (SSSR count). The molecule has 9 heteroatoms. The number of ether oxygens (including phenoxy) is 2. The van der Waals surface area contributed by atoms with Gasteiger partial charge in [-0.3, -0.25) is 4.79 Å². The summed E-state index contributed by atoms with van der Waals surface area (Å²) < 4.78 is 11.2. The van der Waals surface area contributed by atoms with Crippen LogP contribution in [0.25, 0.3) is 0 Å². The van der Waals surface area contributed by atoms with E-state index in [2.05, 4.69) is 19.2 Å². The molecule has 0 aromatic heterocycles. The van der Waals surface area contributed by atoms with Crippen molar-refractivity contribution in [3.63, 3.8) is 0 Å². The van der Waals surface area contributed by atoms with Crippen LogP contribution in [-0.2, 0) is 14.3 Å². The van der Waals surface area contributed by atoms with Gasteiger partial charge in [0, 0.05) is 6.42 Å². The van der Waals surface area contributed by atoms with Gasteiger partial charge < -0.3 is 40.3 Å². The number of carbonyl (C=O) groups is 1. The van der Waals surface area contributed by atoms with E-state index in [0.717, 1.165) is 38.5 Å². The molecule has 51 heavy (non-hydrogen) atoms. The molecular formula is C42H81NO8. The van der Waals surface area contributed by atoms with E-state index in [0.29, 0.717) is 6.42 Å². The van der Waals surface area contributed by atoms with Gasteiger partial charge in [0.1, 0.15) is 24.4 Å². The third-order valence-corrected chi connectivity index (χ3v) is 10.4. The van der Waals surface area contributed by atoms with Crippen molar-refractivity contribution in [2.24, 2.45) is 0 Å². The molecule has 0 aromatic carbocycles. The van der Waals surface area contributed by atoms with Gasteiger partial charge in [-0.2, -0.15) is 0 Å². The van der Waals surface area contributed by atoms with Crippen LogP contribution in [0.3, 0.4) is 0 Å². The van der Waals surface area contributed by atoms with Crippen LogP contribution in [0.2, 0.25) is 0 Å². The lowest BCUT2D eigenvalue weighted by atomic mass is 9.99. The van der Waals surface area contributed by atoms with Crippen LogP contribution < -0.4 is 5.32 Å². The molecule has 1 fully saturated rings. The molecule has 0 radical (unpaired) electrons. The first-order valence-corrected chi connectivity index (χ1v) is 21.4. The normalized spacial score (nSPS) is 22.1. The van der Waals surface area contributed by atoms with Crippen molar-refractivity contribution in [1.29, 1.82) is 0 Å². The Morgan fingerprint density at radius 3 is 1.53 bits per heavy atom. The number of aliphatic hydroxyl groups excluding tert-OH is 5. The number of aliphatic hydroxyl groups is 5. The maximum atomic E-state index is 12.9.